The van der Waals surface area contributed by atoms with E-state index in [1.807, 2.05) is 43.3 Å². The van der Waals surface area contributed by atoms with Crippen LogP contribution >= 0.6 is 12.4 Å². The van der Waals surface area contributed by atoms with E-state index in [0.717, 1.165) is 22.4 Å². The molecule has 0 aliphatic heterocycles. The highest BCUT2D eigenvalue weighted by Gasteiger charge is 2.11. The summed E-state index contributed by atoms with van der Waals surface area (Å²) in [5.74, 6) is 2.43. The molecule has 0 aliphatic rings. The highest BCUT2D eigenvalue weighted by Crippen LogP contribution is 2.29. The van der Waals surface area contributed by atoms with Crippen LogP contribution in [-0.2, 0) is 0 Å². The van der Waals surface area contributed by atoms with Gasteiger partial charge in [0.2, 0.25) is 0 Å². The van der Waals surface area contributed by atoms with Gasteiger partial charge < -0.3 is 15.4 Å². The van der Waals surface area contributed by atoms with Crippen LogP contribution < -0.4 is 15.4 Å². The topological polar surface area (TPSA) is 72.0 Å². The summed E-state index contributed by atoms with van der Waals surface area (Å²) in [6.45, 7) is 2.00. The number of nitrogens with one attached hydrogen (secondary N) is 2. The molecule has 4 rings (SSSR count). The third-order valence-electron chi connectivity index (χ3n) is 4.80. The van der Waals surface area contributed by atoms with Crippen LogP contribution in [0.4, 0.5) is 21.8 Å². The van der Waals surface area contributed by atoms with Crippen molar-refractivity contribution < 1.29 is 9.13 Å². The van der Waals surface area contributed by atoms with Gasteiger partial charge in [0.15, 0.2) is 0 Å². The summed E-state index contributed by atoms with van der Waals surface area (Å²) in [4.78, 5) is 13.0. The van der Waals surface area contributed by atoms with E-state index in [9.17, 15) is 4.39 Å². The van der Waals surface area contributed by atoms with Crippen LogP contribution in [0.2, 0.25) is 0 Å². The minimum atomic E-state index is -0.258. The molecule has 0 radical (unpaired) electrons. The van der Waals surface area contributed by atoms with Gasteiger partial charge in [-0.05, 0) is 60.0 Å². The number of aromatic nitrogens is 3. The molecule has 2 N–H and O–H groups in total. The van der Waals surface area contributed by atoms with Crippen LogP contribution in [0.25, 0.3) is 11.1 Å². The summed E-state index contributed by atoms with van der Waals surface area (Å²) in [5.41, 5.74) is 2.95. The summed E-state index contributed by atoms with van der Waals surface area (Å²) < 4.78 is 18.5. The molecule has 4 aromatic rings. The zero-order chi connectivity index (χ0) is 21.6. The first-order chi connectivity index (χ1) is 15.1. The first kappa shape index (κ1) is 23.0. The van der Waals surface area contributed by atoms with Crippen LogP contribution in [0, 0.1) is 5.82 Å². The molecule has 0 aliphatic carbocycles. The first-order valence-electron chi connectivity index (χ1n) is 9.82. The minimum Gasteiger partial charge on any atom is -0.497 e. The number of methoxy groups -OCH3 is 1. The first-order valence-corrected chi connectivity index (χ1v) is 9.82. The van der Waals surface area contributed by atoms with Gasteiger partial charge in [0, 0.05) is 18.4 Å². The van der Waals surface area contributed by atoms with E-state index >= 15 is 0 Å². The largest absolute Gasteiger partial charge is 0.497 e. The lowest BCUT2D eigenvalue weighted by molar-refractivity contribution is 0.415. The number of nitrogens with zero attached hydrogens (tertiary/aromatic N) is 3. The van der Waals surface area contributed by atoms with E-state index in [1.54, 1.807) is 37.8 Å². The number of pyridine rings is 1. The molecule has 0 bridgehead atoms. The molecule has 2 aromatic carbocycles. The summed E-state index contributed by atoms with van der Waals surface area (Å²) in [6.07, 6.45) is 4.87. The molecular formula is C24H23ClFN5O. The third kappa shape index (κ3) is 5.70. The van der Waals surface area contributed by atoms with Gasteiger partial charge in [-0.2, -0.15) is 0 Å². The summed E-state index contributed by atoms with van der Waals surface area (Å²) in [7, 11) is 1.64. The highest BCUT2D eigenvalue weighted by atomic mass is 35.5. The van der Waals surface area contributed by atoms with E-state index in [4.69, 9.17) is 4.74 Å². The second-order valence-corrected chi connectivity index (χ2v) is 6.99. The highest BCUT2D eigenvalue weighted by molar-refractivity contribution is 5.85. The minimum absolute atomic E-state index is 0. The monoisotopic (exact) mass is 451 g/mol. The van der Waals surface area contributed by atoms with Crippen molar-refractivity contribution in [1.82, 2.24) is 15.0 Å². The molecule has 2 heterocycles. The van der Waals surface area contributed by atoms with Crippen molar-refractivity contribution in [3.63, 3.8) is 0 Å². The van der Waals surface area contributed by atoms with E-state index in [-0.39, 0.29) is 24.3 Å². The normalized spacial score (nSPS) is 11.2. The Bertz CT molecular complexity index is 1140. The SMILES string of the molecule is COc1ccc(-c2cc(Nc3cnccn3)nc(NC(C)c3ccc(F)cc3)c2)cc1.Cl. The van der Waals surface area contributed by atoms with E-state index in [0.29, 0.717) is 17.5 Å². The number of halogens is 2. The lowest BCUT2D eigenvalue weighted by atomic mass is 10.1. The smallest absolute Gasteiger partial charge is 0.150 e. The fraction of sp³-hybridized carbons (Fsp3) is 0.125. The average molecular weight is 452 g/mol. The Kier molecular flexibility index (Phi) is 7.57. The van der Waals surface area contributed by atoms with Gasteiger partial charge in [-0.15, -0.1) is 12.4 Å². The van der Waals surface area contributed by atoms with E-state index in [1.165, 1.54) is 12.1 Å². The second kappa shape index (κ2) is 10.5. The van der Waals surface area contributed by atoms with E-state index in [2.05, 4.69) is 25.6 Å². The Labute approximate surface area is 192 Å². The van der Waals surface area contributed by atoms with Crippen molar-refractivity contribution in [2.24, 2.45) is 0 Å². The molecule has 1 atom stereocenters. The molecular weight excluding hydrogens is 429 g/mol. The summed E-state index contributed by atoms with van der Waals surface area (Å²) >= 11 is 0. The van der Waals surface area contributed by atoms with Gasteiger partial charge in [0.05, 0.1) is 13.3 Å². The van der Waals surface area contributed by atoms with Gasteiger partial charge in [0.1, 0.15) is 29.0 Å². The number of hydrogen-bond acceptors (Lipinski definition) is 6. The second-order valence-electron chi connectivity index (χ2n) is 6.99. The molecule has 0 saturated heterocycles. The number of ether oxygens (including phenoxy) is 1. The Morgan fingerprint density at radius 1 is 0.875 bits per heavy atom. The lowest BCUT2D eigenvalue weighted by Crippen LogP contribution is -2.09. The molecule has 2 aromatic heterocycles. The van der Waals surface area contributed by atoms with Crippen molar-refractivity contribution in [2.75, 3.05) is 17.7 Å². The number of hydrogen-bond donors (Lipinski definition) is 2. The van der Waals surface area contributed by atoms with Crippen LogP contribution in [-0.4, -0.2) is 22.1 Å². The predicted octanol–water partition coefficient (Wildman–Crippen LogP) is 6.02. The zero-order valence-corrected chi connectivity index (χ0v) is 18.4. The Morgan fingerprint density at radius 2 is 1.59 bits per heavy atom. The van der Waals surface area contributed by atoms with Gasteiger partial charge in [-0.25, -0.2) is 14.4 Å². The van der Waals surface area contributed by atoms with Gasteiger partial charge >= 0.3 is 0 Å². The fourth-order valence-corrected chi connectivity index (χ4v) is 3.17. The Hall–Kier alpha value is -3.71. The Balaban J connectivity index is 0.00000289. The molecule has 6 nitrogen and oxygen atoms in total. The number of anilines is 3. The quantitative estimate of drug-likeness (QED) is 0.357. The molecule has 164 valence electrons. The maximum Gasteiger partial charge on any atom is 0.150 e. The molecule has 32 heavy (non-hydrogen) atoms. The average Bonchev–Trinajstić information content (AvgIpc) is 2.80. The summed E-state index contributed by atoms with van der Waals surface area (Å²) in [6, 6.07) is 18.1. The standard InChI is InChI=1S/C24H22FN5O.ClH/c1-16(17-3-7-20(25)8-4-17)28-22-13-19(18-5-9-21(31-2)10-6-18)14-23(29-22)30-24-15-26-11-12-27-24;/h3-16H,1-2H3,(H2,27,28,29,30);1H. The van der Waals surface area contributed by atoms with Crippen LogP contribution in [0.1, 0.15) is 18.5 Å². The van der Waals surface area contributed by atoms with Crippen LogP contribution in [0.15, 0.2) is 79.3 Å². The lowest BCUT2D eigenvalue weighted by Gasteiger charge is -2.17. The van der Waals surface area contributed by atoms with Crippen molar-refractivity contribution in [3.8, 4) is 16.9 Å². The molecule has 0 spiro atoms. The maximum absolute atomic E-state index is 13.3. The molecule has 8 heteroatoms. The molecule has 1 unspecified atom stereocenters. The molecule has 0 amide bonds. The number of rotatable bonds is 7. The molecule has 0 saturated carbocycles. The van der Waals surface area contributed by atoms with E-state index < -0.39 is 0 Å². The van der Waals surface area contributed by atoms with Crippen molar-refractivity contribution >= 4 is 29.9 Å². The van der Waals surface area contributed by atoms with Crippen molar-refractivity contribution in [3.05, 3.63) is 90.6 Å². The van der Waals surface area contributed by atoms with Gasteiger partial charge in [-0.3, -0.25) is 4.98 Å². The fourth-order valence-electron chi connectivity index (χ4n) is 3.17. The third-order valence-corrected chi connectivity index (χ3v) is 4.80. The zero-order valence-electron chi connectivity index (χ0n) is 17.6. The van der Waals surface area contributed by atoms with Crippen molar-refractivity contribution in [1.29, 1.82) is 0 Å². The van der Waals surface area contributed by atoms with Gasteiger partial charge in [0.25, 0.3) is 0 Å². The predicted molar refractivity (Wildman–Crippen MR) is 127 cm³/mol. The number of benzene rings is 2. The van der Waals surface area contributed by atoms with Gasteiger partial charge in [-0.1, -0.05) is 24.3 Å². The van der Waals surface area contributed by atoms with Crippen LogP contribution in [0.5, 0.6) is 5.75 Å². The Morgan fingerprint density at radius 3 is 2.25 bits per heavy atom. The summed E-state index contributed by atoms with van der Waals surface area (Å²) in [5, 5.41) is 6.60. The maximum atomic E-state index is 13.3. The molecule has 0 fully saturated rings. The van der Waals surface area contributed by atoms with Crippen LogP contribution in [0.3, 0.4) is 0 Å². The van der Waals surface area contributed by atoms with Crippen molar-refractivity contribution in [2.45, 2.75) is 13.0 Å².